The molecule has 0 aliphatic heterocycles. The Morgan fingerprint density at radius 1 is 1.19 bits per heavy atom. The van der Waals surface area contributed by atoms with Gasteiger partial charge in [0, 0.05) is 24.9 Å². The van der Waals surface area contributed by atoms with Crippen LogP contribution in [0.3, 0.4) is 0 Å². The van der Waals surface area contributed by atoms with Crippen LogP contribution >= 0.6 is 12.2 Å². The molecule has 0 spiro atoms. The normalized spacial score (nSPS) is 17.4. The molecule has 0 aromatic heterocycles. The third-order valence-corrected chi connectivity index (χ3v) is 4.52. The van der Waals surface area contributed by atoms with Gasteiger partial charge < -0.3 is 10.6 Å². The smallest absolute Gasteiger partial charge is 0.228 e. The van der Waals surface area contributed by atoms with Crippen LogP contribution in [-0.4, -0.2) is 28.9 Å². The van der Waals surface area contributed by atoms with Gasteiger partial charge in [-0.15, -0.1) is 0 Å². The van der Waals surface area contributed by atoms with Crippen molar-refractivity contribution in [1.29, 1.82) is 0 Å². The molecule has 0 aromatic rings. The number of nitrogens with two attached hydrogens (primary N) is 1. The Morgan fingerprint density at radius 2 is 1.76 bits per heavy atom. The van der Waals surface area contributed by atoms with Gasteiger partial charge in [0.1, 0.15) is 0 Å². The van der Waals surface area contributed by atoms with Crippen molar-refractivity contribution in [2.24, 2.45) is 23.0 Å². The minimum Gasteiger partial charge on any atom is -0.393 e. The molecule has 0 radical (unpaired) electrons. The Kier molecular flexibility index (Phi) is 7.11. The van der Waals surface area contributed by atoms with Gasteiger partial charge in [0.15, 0.2) is 0 Å². The van der Waals surface area contributed by atoms with Crippen molar-refractivity contribution in [3.05, 3.63) is 0 Å². The van der Waals surface area contributed by atoms with Gasteiger partial charge in [0.2, 0.25) is 5.91 Å². The van der Waals surface area contributed by atoms with E-state index in [1.807, 2.05) is 4.90 Å². The number of thiocarbonyl (C=S) groups is 1. The molecule has 0 heterocycles. The van der Waals surface area contributed by atoms with E-state index in [1.165, 1.54) is 12.8 Å². The Bertz CT molecular complexity index is 360. The number of nitrogens with zero attached hydrogens (tertiary/aromatic N) is 1. The van der Waals surface area contributed by atoms with Crippen molar-refractivity contribution in [1.82, 2.24) is 4.90 Å². The second-order valence-corrected chi connectivity index (χ2v) is 7.97. The zero-order chi connectivity index (χ0) is 16.0. The summed E-state index contributed by atoms with van der Waals surface area (Å²) in [5.41, 5.74) is 5.51. The Balaban J connectivity index is 2.86. The standard InChI is InChI=1S/C17H32N2OS/c1-13(2)11-17(8-5-6-9-17)16(20)19(12-14(3)4)10-7-15(18)21/h13-14H,5-12H2,1-4H3,(H2,18,21). The maximum absolute atomic E-state index is 13.2. The van der Waals surface area contributed by atoms with Crippen molar-refractivity contribution >= 4 is 23.1 Å². The molecule has 1 saturated carbocycles. The molecular formula is C17H32N2OS. The maximum atomic E-state index is 13.2. The summed E-state index contributed by atoms with van der Waals surface area (Å²) in [5, 5.41) is 0. The van der Waals surface area contributed by atoms with Crippen molar-refractivity contribution in [3.8, 4) is 0 Å². The van der Waals surface area contributed by atoms with E-state index >= 15 is 0 Å². The number of hydrogen-bond donors (Lipinski definition) is 1. The highest BCUT2D eigenvalue weighted by Gasteiger charge is 2.43. The Labute approximate surface area is 135 Å². The lowest BCUT2D eigenvalue weighted by molar-refractivity contribution is -0.143. The summed E-state index contributed by atoms with van der Waals surface area (Å²) in [5.74, 6) is 1.37. The van der Waals surface area contributed by atoms with E-state index in [4.69, 9.17) is 18.0 Å². The quantitative estimate of drug-likeness (QED) is 0.694. The number of carbonyl (C=O) groups is 1. The van der Waals surface area contributed by atoms with Crippen LogP contribution in [0.2, 0.25) is 0 Å². The first kappa shape index (κ1) is 18.4. The zero-order valence-electron chi connectivity index (χ0n) is 14.2. The molecule has 1 amide bonds. The van der Waals surface area contributed by atoms with Gasteiger partial charge in [-0.2, -0.15) is 0 Å². The molecule has 1 aliphatic carbocycles. The number of rotatable bonds is 8. The lowest BCUT2D eigenvalue weighted by Gasteiger charge is -2.36. The molecule has 1 fully saturated rings. The van der Waals surface area contributed by atoms with E-state index < -0.39 is 0 Å². The third kappa shape index (κ3) is 5.57. The molecule has 122 valence electrons. The largest absolute Gasteiger partial charge is 0.393 e. The fraction of sp³-hybridized carbons (Fsp3) is 0.882. The summed E-state index contributed by atoms with van der Waals surface area (Å²) in [4.78, 5) is 15.7. The number of amides is 1. The molecule has 0 unspecified atom stereocenters. The van der Waals surface area contributed by atoms with Crippen LogP contribution in [0.5, 0.6) is 0 Å². The van der Waals surface area contributed by atoms with E-state index in [0.29, 0.717) is 35.7 Å². The SMILES string of the molecule is CC(C)CN(CCC(N)=S)C(=O)C1(CC(C)C)CCCC1. The second kappa shape index (κ2) is 8.11. The maximum Gasteiger partial charge on any atom is 0.228 e. The van der Waals surface area contributed by atoms with Gasteiger partial charge in [-0.25, -0.2) is 0 Å². The summed E-state index contributed by atoms with van der Waals surface area (Å²) in [6, 6.07) is 0. The monoisotopic (exact) mass is 312 g/mol. The summed E-state index contributed by atoms with van der Waals surface area (Å²) in [7, 11) is 0. The molecule has 4 heteroatoms. The molecular weight excluding hydrogens is 280 g/mol. The van der Waals surface area contributed by atoms with Crippen LogP contribution in [0.15, 0.2) is 0 Å². The highest BCUT2D eigenvalue weighted by Crippen LogP contribution is 2.44. The van der Waals surface area contributed by atoms with Gasteiger partial charge in [-0.1, -0.05) is 52.8 Å². The highest BCUT2D eigenvalue weighted by molar-refractivity contribution is 7.80. The molecule has 0 bridgehead atoms. The van der Waals surface area contributed by atoms with Gasteiger partial charge >= 0.3 is 0 Å². The van der Waals surface area contributed by atoms with Crippen molar-refractivity contribution in [2.75, 3.05) is 13.1 Å². The highest BCUT2D eigenvalue weighted by atomic mass is 32.1. The van der Waals surface area contributed by atoms with Crippen LogP contribution in [0.25, 0.3) is 0 Å². The summed E-state index contributed by atoms with van der Waals surface area (Å²) >= 11 is 4.99. The topological polar surface area (TPSA) is 46.3 Å². The van der Waals surface area contributed by atoms with Crippen molar-refractivity contribution in [2.45, 2.75) is 66.2 Å². The minimum atomic E-state index is -0.126. The van der Waals surface area contributed by atoms with Crippen LogP contribution < -0.4 is 5.73 Å². The molecule has 0 aromatic carbocycles. The first-order valence-electron chi connectivity index (χ1n) is 8.34. The average Bonchev–Trinajstić information content (AvgIpc) is 2.81. The molecule has 0 atom stereocenters. The van der Waals surface area contributed by atoms with Crippen molar-refractivity contribution < 1.29 is 4.79 Å². The lowest BCUT2D eigenvalue weighted by Crippen LogP contribution is -2.46. The van der Waals surface area contributed by atoms with E-state index in [-0.39, 0.29) is 5.41 Å². The van der Waals surface area contributed by atoms with E-state index in [2.05, 4.69) is 27.7 Å². The van der Waals surface area contributed by atoms with Crippen LogP contribution in [0.1, 0.15) is 66.2 Å². The predicted octanol–water partition coefficient (Wildman–Crippen LogP) is 3.75. The third-order valence-electron chi connectivity index (χ3n) is 4.31. The Hall–Kier alpha value is -0.640. The first-order chi connectivity index (χ1) is 9.77. The van der Waals surface area contributed by atoms with Crippen LogP contribution in [0, 0.1) is 17.3 Å². The summed E-state index contributed by atoms with van der Waals surface area (Å²) in [6.07, 6.45) is 6.10. The number of carbonyl (C=O) groups excluding carboxylic acids is 1. The Morgan fingerprint density at radius 3 is 2.19 bits per heavy atom. The number of hydrogen-bond acceptors (Lipinski definition) is 2. The van der Waals surface area contributed by atoms with E-state index in [9.17, 15) is 4.79 Å². The first-order valence-corrected chi connectivity index (χ1v) is 8.75. The lowest BCUT2D eigenvalue weighted by atomic mass is 9.77. The summed E-state index contributed by atoms with van der Waals surface area (Å²) < 4.78 is 0. The van der Waals surface area contributed by atoms with Gasteiger partial charge in [-0.3, -0.25) is 4.79 Å². The molecule has 1 rings (SSSR count). The predicted molar refractivity (Wildman–Crippen MR) is 93.2 cm³/mol. The summed E-state index contributed by atoms with van der Waals surface area (Å²) in [6.45, 7) is 10.2. The van der Waals surface area contributed by atoms with Crippen molar-refractivity contribution in [3.63, 3.8) is 0 Å². The molecule has 21 heavy (non-hydrogen) atoms. The van der Waals surface area contributed by atoms with Gasteiger partial charge in [0.05, 0.1) is 4.99 Å². The second-order valence-electron chi connectivity index (χ2n) is 7.45. The van der Waals surface area contributed by atoms with Crippen LogP contribution in [-0.2, 0) is 4.79 Å². The molecule has 3 nitrogen and oxygen atoms in total. The van der Waals surface area contributed by atoms with Gasteiger partial charge in [0.25, 0.3) is 0 Å². The van der Waals surface area contributed by atoms with Crippen LogP contribution in [0.4, 0.5) is 0 Å². The fourth-order valence-corrected chi connectivity index (χ4v) is 3.73. The van der Waals surface area contributed by atoms with E-state index in [0.717, 1.165) is 25.8 Å². The molecule has 2 N–H and O–H groups in total. The zero-order valence-corrected chi connectivity index (χ0v) is 15.0. The fourth-order valence-electron chi connectivity index (χ4n) is 3.64. The van der Waals surface area contributed by atoms with E-state index in [1.54, 1.807) is 0 Å². The average molecular weight is 313 g/mol. The minimum absolute atomic E-state index is 0.126. The molecule has 1 aliphatic rings. The van der Waals surface area contributed by atoms with Gasteiger partial charge in [-0.05, 0) is 31.1 Å². The molecule has 0 saturated heterocycles.